The molecule has 0 heterocycles. The van der Waals surface area contributed by atoms with Crippen LogP contribution < -0.4 is 4.90 Å². The second-order valence-electron chi connectivity index (χ2n) is 3.75. The summed E-state index contributed by atoms with van der Waals surface area (Å²) in [7, 11) is 2.06. The highest BCUT2D eigenvalue weighted by molar-refractivity contribution is 5.52. The van der Waals surface area contributed by atoms with E-state index in [-0.39, 0.29) is 0 Å². The topological polar surface area (TPSA) is 23.5 Å². The summed E-state index contributed by atoms with van der Waals surface area (Å²) in [6, 6.07) is 5.82. The number of nitrogens with zero attached hydrogens (tertiary/aromatic N) is 1. The number of anilines is 1. The van der Waals surface area contributed by atoms with E-state index in [1.807, 2.05) is 25.1 Å². The van der Waals surface area contributed by atoms with Crippen molar-refractivity contribution in [3.8, 4) is 5.75 Å². The fourth-order valence-corrected chi connectivity index (χ4v) is 1.36. The summed E-state index contributed by atoms with van der Waals surface area (Å²) in [5, 5.41) is 9.55. The molecule has 1 N–H and O–H groups in total. The Labute approximate surface area is 86.2 Å². The first-order chi connectivity index (χ1) is 6.65. The average molecular weight is 193 g/mol. The lowest BCUT2D eigenvalue weighted by molar-refractivity contribution is 0.471. The van der Waals surface area contributed by atoms with Crippen molar-refractivity contribution in [2.75, 3.05) is 18.5 Å². The van der Waals surface area contributed by atoms with Gasteiger partial charge in [0.1, 0.15) is 5.75 Å². The van der Waals surface area contributed by atoms with Crippen molar-refractivity contribution in [3.05, 3.63) is 23.8 Å². The maximum absolute atomic E-state index is 9.55. The van der Waals surface area contributed by atoms with Crippen molar-refractivity contribution in [2.45, 2.75) is 26.7 Å². The van der Waals surface area contributed by atoms with Gasteiger partial charge in [0.05, 0.1) is 0 Å². The van der Waals surface area contributed by atoms with Crippen LogP contribution in [0.2, 0.25) is 0 Å². The van der Waals surface area contributed by atoms with Crippen molar-refractivity contribution in [1.82, 2.24) is 0 Å². The zero-order valence-electron chi connectivity index (χ0n) is 9.25. The first kappa shape index (κ1) is 10.9. The third-order valence-electron chi connectivity index (χ3n) is 2.48. The van der Waals surface area contributed by atoms with Crippen molar-refractivity contribution < 1.29 is 5.11 Å². The Kier molecular flexibility index (Phi) is 3.81. The van der Waals surface area contributed by atoms with Gasteiger partial charge in [-0.25, -0.2) is 0 Å². The zero-order chi connectivity index (χ0) is 10.6. The van der Waals surface area contributed by atoms with Crippen molar-refractivity contribution in [3.63, 3.8) is 0 Å². The van der Waals surface area contributed by atoms with Crippen molar-refractivity contribution in [1.29, 1.82) is 0 Å². The fourth-order valence-electron chi connectivity index (χ4n) is 1.36. The molecule has 2 heteroatoms. The minimum Gasteiger partial charge on any atom is -0.508 e. The lowest BCUT2D eigenvalue weighted by Crippen LogP contribution is -2.18. The van der Waals surface area contributed by atoms with Crippen LogP contribution >= 0.6 is 0 Å². The number of hydrogen-bond acceptors (Lipinski definition) is 2. The van der Waals surface area contributed by atoms with Gasteiger partial charge in [-0.05, 0) is 25.0 Å². The molecule has 0 radical (unpaired) electrons. The summed E-state index contributed by atoms with van der Waals surface area (Å²) in [6.07, 6.45) is 2.38. The smallest absolute Gasteiger partial charge is 0.120 e. The fraction of sp³-hybridized carbons (Fsp3) is 0.500. The van der Waals surface area contributed by atoms with Gasteiger partial charge in [-0.1, -0.05) is 19.4 Å². The molecule has 0 aliphatic carbocycles. The van der Waals surface area contributed by atoms with Gasteiger partial charge in [0.2, 0.25) is 0 Å². The van der Waals surface area contributed by atoms with E-state index in [9.17, 15) is 5.11 Å². The van der Waals surface area contributed by atoms with Gasteiger partial charge in [-0.3, -0.25) is 0 Å². The monoisotopic (exact) mass is 193 g/mol. The highest BCUT2D eigenvalue weighted by Crippen LogP contribution is 2.23. The van der Waals surface area contributed by atoms with Crippen molar-refractivity contribution >= 4 is 5.69 Å². The molecular formula is C12H19NO. The molecule has 0 amide bonds. The van der Waals surface area contributed by atoms with Gasteiger partial charge in [-0.15, -0.1) is 0 Å². The van der Waals surface area contributed by atoms with Crippen LogP contribution in [-0.4, -0.2) is 18.7 Å². The molecule has 0 aliphatic heterocycles. The van der Waals surface area contributed by atoms with Crippen LogP contribution in [0.4, 0.5) is 5.69 Å². The highest BCUT2D eigenvalue weighted by Gasteiger charge is 2.02. The van der Waals surface area contributed by atoms with Gasteiger partial charge in [0, 0.05) is 25.3 Å². The quantitative estimate of drug-likeness (QED) is 0.794. The first-order valence-electron chi connectivity index (χ1n) is 5.16. The predicted octanol–water partition coefficient (Wildman–Crippen LogP) is 2.94. The normalized spacial score (nSPS) is 10.2. The van der Waals surface area contributed by atoms with Gasteiger partial charge in [-0.2, -0.15) is 0 Å². The first-order valence-corrected chi connectivity index (χ1v) is 5.16. The van der Waals surface area contributed by atoms with Gasteiger partial charge in [0.25, 0.3) is 0 Å². The van der Waals surface area contributed by atoms with E-state index in [0.29, 0.717) is 5.75 Å². The SMILES string of the molecule is CCCCN(C)c1ccc(C)c(O)c1. The third kappa shape index (κ3) is 2.66. The van der Waals surface area contributed by atoms with Gasteiger partial charge >= 0.3 is 0 Å². The summed E-state index contributed by atoms with van der Waals surface area (Å²) in [5.74, 6) is 0.380. The standard InChI is InChI=1S/C12H19NO/c1-4-5-8-13(3)11-7-6-10(2)12(14)9-11/h6-7,9,14H,4-5,8H2,1-3H3. The summed E-state index contributed by atoms with van der Waals surface area (Å²) in [6.45, 7) is 5.13. The lowest BCUT2D eigenvalue weighted by Gasteiger charge is -2.19. The number of aromatic hydroxyl groups is 1. The Morgan fingerprint density at radius 3 is 2.64 bits per heavy atom. The molecule has 1 rings (SSSR count). The van der Waals surface area contributed by atoms with E-state index in [1.54, 1.807) is 0 Å². The number of hydrogen-bond donors (Lipinski definition) is 1. The average Bonchev–Trinajstić information content (AvgIpc) is 2.18. The molecule has 0 atom stereocenters. The number of phenols is 1. The number of rotatable bonds is 4. The Balaban J connectivity index is 2.70. The predicted molar refractivity (Wildman–Crippen MR) is 61.0 cm³/mol. The Hall–Kier alpha value is -1.18. The van der Waals surface area contributed by atoms with Crippen LogP contribution in [0.1, 0.15) is 25.3 Å². The van der Waals surface area contributed by atoms with Crippen LogP contribution in [0, 0.1) is 6.92 Å². The Morgan fingerprint density at radius 1 is 1.36 bits per heavy atom. The number of phenolic OH excluding ortho intramolecular Hbond substituents is 1. The molecule has 0 bridgehead atoms. The van der Waals surface area contributed by atoms with E-state index < -0.39 is 0 Å². The number of benzene rings is 1. The van der Waals surface area contributed by atoms with Crippen LogP contribution in [0.15, 0.2) is 18.2 Å². The molecule has 0 fully saturated rings. The summed E-state index contributed by atoms with van der Waals surface area (Å²) in [4.78, 5) is 2.17. The van der Waals surface area contributed by atoms with E-state index in [1.165, 1.54) is 12.8 Å². The molecule has 78 valence electrons. The van der Waals surface area contributed by atoms with Crippen LogP contribution in [0.3, 0.4) is 0 Å². The molecule has 14 heavy (non-hydrogen) atoms. The van der Waals surface area contributed by atoms with Crippen LogP contribution in [0.5, 0.6) is 5.75 Å². The highest BCUT2D eigenvalue weighted by atomic mass is 16.3. The molecule has 0 saturated heterocycles. The summed E-state index contributed by atoms with van der Waals surface area (Å²) < 4.78 is 0. The zero-order valence-corrected chi connectivity index (χ0v) is 9.25. The molecule has 0 aromatic heterocycles. The minimum atomic E-state index is 0.380. The Bertz CT molecular complexity index is 296. The molecule has 1 aromatic carbocycles. The third-order valence-corrected chi connectivity index (χ3v) is 2.48. The Morgan fingerprint density at radius 2 is 2.07 bits per heavy atom. The lowest BCUT2D eigenvalue weighted by atomic mass is 10.2. The second kappa shape index (κ2) is 4.89. The molecular weight excluding hydrogens is 174 g/mol. The molecule has 1 aromatic rings. The number of aryl methyl sites for hydroxylation is 1. The van der Waals surface area contributed by atoms with E-state index in [0.717, 1.165) is 17.8 Å². The van der Waals surface area contributed by atoms with E-state index >= 15 is 0 Å². The maximum atomic E-state index is 9.55. The summed E-state index contributed by atoms with van der Waals surface area (Å²) >= 11 is 0. The van der Waals surface area contributed by atoms with Crippen molar-refractivity contribution in [2.24, 2.45) is 0 Å². The maximum Gasteiger partial charge on any atom is 0.120 e. The molecule has 0 unspecified atom stereocenters. The molecule has 0 aliphatic rings. The molecule has 2 nitrogen and oxygen atoms in total. The van der Waals surface area contributed by atoms with E-state index in [4.69, 9.17) is 0 Å². The van der Waals surface area contributed by atoms with Crippen LogP contribution in [-0.2, 0) is 0 Å². The summed E-state index contributed by atoms with van der Waals surface area (Å²) in [5.41, 5.74) is 2.01. The van der Waals surface area contributed by atoms with E-state index in [2.05, 4.69) is 18.9 Å². The minimum absolute atomic E-state index is 0.380. The van der Waals surface area contributed by atoms with Gasteiger partial charge in [0.15, 0.2) is 0 Å². The number of unbranched alkanes of at least 4 members (excludes halogenated alkanes) is 1. The molecule has 0 spiro atoms. The largest absolute Gasteiger partial charge is 0.508 e. The second-order valence-corrected chi connectivity index (χ2v) is 3.75. The van der Waals surface area contributed by atoms with Crippen LogP contribution in [0.25, 0.3) is 0 Å². The molecule has 0 saturated carbocycles. The van der Waals surface area contributed by atoms with Gasteiger partial charge < -0.3 is 10.0 Å².